The van der Waals surface area contributed by atoms with Crippen LogP contribution in [0.3, 0.4) is 0 Å². The first-order valence-corrected chi connectivity index (χ1v) is 10.5. The van der Waals surface area contributed by atoms with Gasteiger partial charge in [0.2, 0.25) is 0 Å². The SMILES string of the molecule is COc1ccc(NC(=O)c2cc(C)n(-c3ccc(N4CCCC4)nc3)c2C)c(OC)c1. The van der Waals surface area contributed by atoms with E-state index >= 15 is 0 Å². The highest BCUT2D eigenvalue weighted by Crippen LogP contribution is 2.30. The first kappa shape index (κ1) is 20.8. The molecule has 4 rings (SSSR count). The van der Waals surface area contributed by atoms with Crippen molar-refractivity contribution < 1.29 is 14.3 Å². The third kappa shape index (κ3) is 4.08. The molecule has 31 heavy (non-hydrogen) atoms. The second kappa shape index (κ2) is 8.71. The summed E-state index contributed by atoms with van der Waals surface area (Å²) in [6.45, 7) is 6.06. The normalized spacial score (nSPS) is 13.4. The number of amides is 1. The van der Waals surface area contributed by atoms with Crippen LogP contribution in [0.5, 0.6) is 11.5 Å². The number of nitrogens with one attached hydrogen (secondary N) is 1. The predicted octanol–water partition coefficient (Wildman–Crippen LogP) is 4.36. The average molecular weight is 421 g/mol. The van der Waals surface area contributed by atoms with Crippen molar-refractivity contribution in [1.29, 1.82) is 0 Å². The van der Waals surface area contributed by atoms with Crippen LogP contribution in [0.4, 0.5) is 11.5 Å². The molecule has 0 bridgehead atoms. The fourth-order valence-corrected chi connectivity index (χ4v) is 4.13. The van der Waals surface area contributed by atoms with Gasteiger partial charge in [-0.25, -0.2) is 4.98 Å². The summed E-state index contributed by atoms with van der Waals surface area (Å²) in [5.41, 5.74) is 3.98. The largest absolute Gasteiger partial charge is 0.497 e. The summed E-state index contributed by atoms with van der Waals surface area (Å²) in [4.78, 5) is 20.0. The molecule has 0 spiro atoms. The molecular weight excluding hydrogens is 392 g/mol. The van der Waals surface area contributed by atoms with Gasteiger partial charge in [-0.15, -0.1) is 0 Å². The predicted molar refractivity (Wildman–Crippen MR) is 122 cm³/mol. The maximum atomic E-state index is 13.0. The highest BCUT2D eigenvalue weighted by atomic mass is 16.5. The number of ether oxygens (including phenoxy) is 2. The molecule has 1 aliphatic heterocycles. The molecule has 1 amide bonds. The van der Waals surface area contributed by atoms with E-state index in [1.165, 1.54) is 12.8 Å². The molecule has 7 nitrogen and oxygen atoms in total. The first-order chi connectivity index (χ1) is 15.0. The third-order valence-electron chi connectivity index (χ3n) is 5.75. The third-order valence-corrected chi connectivity index (χ3v) is 5.75. The zero-order valence-corrected chi connectivity index (χ0v) is 18.4. The minimum atomic E-state index is -0.190. The van der Waals surface area contributed by atoms with Gasteiger partial charge >= 0.3 is 0 Å². The molecule has 3 aromatic rings. The van der Waals surface area contributed by atoms with Crippen LogP contribution in [0.15, 0.2) is 42.6 Å². The van der Waals surface area contributed by atoms with E-state index in [1.54, 1.807) is 32.4 Å². The standard InChI is InChI=1S/C24H28N4O3/c1-16-13-20(24(29)26-21-9-8-19(30-3)14-22(21)31-4)17(2)28(16)18-7-10-23(25-15-18)27-11-5-6-12-27/h7-10,13-15H,5-6,11-12H2,1-4H3,(H,26,29). The molecule has 1 fully saturated rings. The Morgan fingerprint density at radius 2 is 1.81 bits per heavy atom. The van der Waals surface area contributed by atoms with Crippen LogP contribution in [0, 0.1) is 13.8 Å². The number of methoxy groups -OCH3 is 2. The number of hydrogen-bond donors (Lipinski definition) is 1. The van der Waals surface area contributed by atoms with Crippen LogP contribution >= 0.6 is 0 Å². The minimum Gasteiger partial charge on any atom is -0.497 e. The quantitative estimate of drug-likeness (QED) is 0.642. The summed E-state index contributed by atoms with van der Waals surface area (Å²) in [6, 6.07) is 11.3. The van der Waals surface area contributed by atoms with Crippen LogP contribution < -0.4 is 19.7 Å². The van der Waals surface area contributed by atoms with Crippen molar-refractivity contribution in [2.45, 2.75) is 26.7 Å². The zero-order valence-electron chi connectivity index (χ0n) is 18.4. The van der Waals surface area contributed by atoms with Crippen molar-refractivity contribution in [1.82, 2.24) is 9.55 Å². The molecular formula is C24H28N4O3. The zero-order chi connectivity index (χ0) is 22.0. The summed E-state index contributed by atoms with van der Waals surface area (Å²) >= 11 is 0. The smallest absolute Gasteiger partial charge is 0.257 e. The molecule has 162 valence electrons. The molecule has 0 unspecified atom stereocenters. The maximum Gasteiger partial charge on any atom is 0.257 e. The van der Waals surface area contributed by atoms with Gasteiger partial charge in [0, 0.05) is 30.5 Å². The summed E-state index contributed by atoms with van der Waals surface area (Å²) in [5.74, 6) is 2.03. The van der Waals surface area contributed by atoms with Crippen LogP contribution in [0.1, 0.15) is 34.6 Å². The molecule has 1 aliphatic rings. The van der Waals surface area contributed by atoms with E-state index in [9.17, 15) is 4.79 Å². The van der Waals surface area contributed by atoms with Crippen LogP contribution in [0.25, 0.3) is 5.69 Å². The number of benzene rings is 1. The lowest BCUT2D eigenvalue weighted by Crippen LogP contribution is -2.18. The van der Waals surface area contributed by atoms with E-state index < -0.39 is 0 Å². The van der Waals surface area contributed by atoms with E-state index in [0.29, 0.717) is 22.7 Å². The molecule has 7 heteroatoms. The number of anilines is 2. The molecule has 0 aliphatic carbocycles. The van der Waals surface area contributed by atoms with Gasteiger partial charge in [0.25, 0.3) is 5.91 Å². The molecule has 0 radical (unpaired) electrons. The van der Waals surface area contributed by atoms with E-state index in [4.69, 9.17) is 9.47 Å². The van der Waals surface area contributed by atoms with Crippen molar-refractivity contribution in [3.63, 3.8) is 0 Å². The van der Waals surface area contributed by atoms with Gasteiger partial charge in [-0.1, -0.05) is 0 Å². The van der Waals surface area contributed by atoms with E-state index in [0.717, 1.165) is 36.0 Å². The molecule has 2 aromatic heterocycles. The number of pyridine rings is 1. The Kier molecular flexibility index (Phi) is 5.84. The highest BCUT2D eigenvalue weighted by molar-refractivity contribution is 6.06. The van der Waals surface area contributed by atoms with Crippen molar-refractivity contribution in [3.8, 4) is 17.2 Å². The minimum absolute atomic E-state index is 0.190. The van der Waals surface area contributed by atoms with Crippen LogP contribution in [-0.4, -0.2) is 42.8 Å². The van der Waals surface area contributed by atoms with Gasteiger partial charge in [0.1, 0.15) is 17.3 Å². The monoisotopic (exact) mass is 420 g/mol. The molecule has 1 aromatic carbocycles. The Morgan fingerprint density at radius 1 is 1.03 bits per heavy atom. The maximum absolute atomic E-state index is 13.0. The Bertz CT molecular complexity index is 1080. The van der Waals surface area contributed by atoms with Gasteiger partial charge < -0.3 is 24.3 Å². The highest BCUT2D eigenvalue weighted by Gasteiger charge is 2.19. The summed E-state index contributed by atoms with van der Waals surface area (Å²) in [6.07, 6.45) is 4.31. The Hall–Kier alpha value is -3.48. The van der Waals surface area contributed by atoms with E-state index in [-0.39, 0.29) is 5.91 Å². The second-order valence-electron chi connectivity index (χ2n) is 7.71. The molecule has 1 N–H and O–H groups in total. The van der Waals surface area contributed by atoms with Crippen molar-refractivity contribution in [3.05, 3.63) is 59.5 Å². The number of carbonyl (C=O) groups is 1. The number of carbonyl (C=O) groups excluding carboxylic acids is 1. The van der Waals surface area contributed by atoms with Crippen molar-refractivity contribution in [2.24, 2.45) is 0 Å². The average Bonchev–Trinajstić information content (AvgIpc) is 3.42. The lowest BCUT2D eigenvalue weighted by molar-refractivity contribution is 0.102. The topological polar surface area (TPSA) is 68.6 Å². The van der Waals surface area contributed by atoms with Gasteiger partial charge in [0.15, 0.2) is 0 Å². The number of aryl methyl sites for hydroxylation is 1. The van der Waals surface area contributed by atoms with Gasteiger partial charge in [-0.05, 0) is 57.0 Å². The molecule has 3 heterocycles. The fraction of sp³-hybridized carbons (Fsp3) is 0.333. The van der Waals surface area contributed by atoms with E-state index in [1.807, 2.05) is 26.1 Å². The van der Waals surface area contributed by atoms with Crippen LogP contribution in [0.2, 0.25) is 0 Å². The number of nitrogens with zero attached hydrogens (tertiary/aromatic N) is 3. The summed E-state index contributed by atoms with van der Waals surface area (Å²) in [5, 5.41) is 2.95. The number of aromatic nitrogens is 2. The molecule has 1 saturated heterocycles. The number of hydrogen-bond acceptors (Lipinski definition) is 5. The van der Waals surface area contributed by atoms with E-state index in [2.05, 4.69) is 31.9 Å². The van der Waals surface area contributed by atoms with Gasteiger partial charge in [0.05, 0.1) is 37.4 Å². The summed E-state index contributed by atoms with van der Waals surface area (Å²) in [7, 11) is 3.16. The Labute approximate surface area is 182 Å². The number of rotatable bonds is 6. The fourth-order valence-electron chi connectivity index (χ4n) is 4.13. The van der Waals surface area contributed by atoms with Crippen molar-refractivity contribution in [2.75, 3.05) is 37.5 Å². The Morgan fingerprint density at radius 3 is 2.45 bits per heavy atom. The lowest BCUT2D eigenvalue weighted by atomic mass is 10.2. The second-order valence-corrected chi connectivity index (χ2v) is 7.71. The summed E-state index contributed by atoms with van der Waals surface area (Å²) < 4.78 is 12.7. The van der Waals surface area contributed by atoms with Crippen molar-refractivity contribution >= 4 is 17.4 Å². The first-order valence-electron chi connectivity index (χ1n) is 10.5. The molecule has 0 atom stereocenters. The molecule has 0 saturated carbocycles. The van der Waals surface area contributed by atoms with Gasteiger partial charge in [-0.2, -0.15) is 0 Å². The lowest BCUT2D eigenvalue weighted by Gasteiger charge is -2.17. The van der Waals surface area contributed by atoms with Gasteiger partial charge in [-0.3, -0.25) is 4.79 Å². The Balaban J connectivity index is 1.58. The van der Waals surface area contributed by atoms with Crippen LogP contribution in [-0.2, 0) is 0 Å².